The van der Waals surface area contributed by atoms with Crippen LogP contribution < -0.4 is 5.32 Å². The van der Waals surface area contributed by atoms with Crippen LogP contribution in [0.5, 0.6) is 0 Å². The molecule has 3 rings (SSSR count). The van der Waals surface area contributed by atoms with Crippen LogP contribution in [0, 0.1) is 0 Å². The number of piperazine rings is 1. The molecule has 1 N–H and O–H groups in total. The number of alkyl halides is 3. The van der Waals surface area contributed by atoms with Crippen LogP contribution in [0.3, 0.4) is 0 Å². The number of amides is 1. The van der Waals surface area contributed by atoms with Gasteiger partial charge in [-0.2, -0.15) is 17.5 Å². The lowest BCUT2D eigenvalue weighted by atomic mass is 10.1. The minimum atomic E-state index is -4.68. The zero-order valence-corrected chi connectivity index (χ0v) is 17.1. The summed E-state index contributed by atoms with van der Waals surface area (Å²) in [6.07, 6.45) is -4.68. The van der Waals surface area contributed by atoms with Crippen molar-refractivity contribution in [3.8, 4) is 0 Å². The predicted octanol–water partition coefficient (Wildman–Crippen LogP) is 3.28. The lowest BCUT2D eigenvalue weighted by molar-refractivity contribution is -0.137. The van der Waals surface area contributed by atoms with Crippen molar-refractivity contribution in [3.63, 3.8) is 0 Å². The summed E-state index contributed by atoms with van der Waals surface area (Å²) in [6, 6.07) is 9.98. The molecule has 2 aromatic rings. The van der Waals surface area contributed by atoms with Gasteiger partial charge in [0.15, 0.2) is 0 Å². The van der Waals surface area contributed by atoms with E-state index in [0.29, 0.717) is 26.2 Å². The van der Waals surface area contributed by atoms with E-state index in [1.54, 1.807) is 0 Å². The standard InChI is InChI=1S/C20H22F3N3O3S/c1-2-25-10-12-26(13-11-25)30(28,29)16-7-5-6-15(14-16)24-19(27)17-8-3-4-9-18(17)20(21,22)23/h3-9,14H,2,10-13H2,1H3,(H,24,27). The first kappa shape index (κ1) is 22.3. The Morgan fingerprint density at radius 1 is 1.03 bits per heavy atom. The van der Waals surface area contributed by atoms with Crippen molar-refractivity contribution in [2.45, 2.75) is 18.0 Å². The molecule has 0 bridgehead atoms. The molecule has 1 heterocycles. The number of hydrogen-bond acceptors (Lipinski definition) is 4. The number of nitrogens with one attached hydrogen (secondary N) is 1. The summed E-state index contributed by atoms with van der Waals surface area (Å²) in [5, 5.41) is 2.37. The third-order valence-corrected chi connectivity index (χ3v) is 6.88. The summed E-state index contributed by atoms with van der Waals surface area (Å²) in [6.45, 7) is 4.81. The SMILES string of the molecule is CCN1CCN(S(=O)(=O)c2cccc(NC(=O)c3ccccc3C(F)(F)F)c2)CC1. The quantitative estimate of drug-likeness (QED) is 0.773. The highest BCUT2D eigenvalue weighted by molar-refractivity contribution is 7.89. The molecule has 10 heteroatoms. The highest BCUT2D eigenvalue weighted by Gasteiger charge is 2.35. The Balaban J connectivity index is 1.81. The van der Waals surface area contributed by atoms with E-state index in [0.717, 1.165) is 18.7 Å². The molecular formula is C20H22F3N3O3S. The van der Waals surface area contributed by atoms with Gasteiger partial charge in [0.25, 0.3) is 5.91 Å². The molecule has 0 atom stereocenters. The lowest BCUT2D eigenvalue weighted by Gasteiger charge is -2.33. The van der Waals surface area contributed by atoms with Crippen LogP contribution in [0.4, 0.5) is 18.9 Å². The van der Waals surface area contributed by atoms with Crippen molar-refractivity contribution in [1.82, 2.24) is 9.21 Å². The summed E-state index contributed by atoms with van der Waals surface area (Å²) in [5.74, 6) is -0.964. The molecule has 1 saturated heterocycles. The van der Waals surface area contributed by atoms with Crippen LogP contribution in [0.25, 0.3) is 0 Å². The first-order chi connectivity index (χ1) is 14.1. The first-order valence-electron chi connectivity index (χ1n) is 9.43. The fourth-order valence-corrected chi connectivity index (χ4v) is 4.76. The monoisotopic (exact) mass is 441 g/mol. The predicted molar refractivity (Wildman–Crippen MR) is 107 cm³/mol. The lowest BCUT2D eigenvalue weighted by Crippen LogP contribution is -2.48. The maximum atomic E-state index is 13.2. The number of anilines is 1. The molecule has 6 nitrogen and oxygen atoms in total. The van der Waals surface area contributed by atoms with Crippen LogP contribution in [0.1, 0.15) is 22.8 Å². The normalized spacial score (nSPS) is 16.4. The Morgan fingerprint density at radius 3 is 2.33 bits per heavy atom. The highest BCUT2D eigenvalue weighted by Crippen LogP contribution is 2.32. The minimum Gasteiger partial charge on any atom is -0.322 e. The summed E-state index contributed by atoms with van der Waals surface area (Å²) in [4.78, 5) is 14.6. The van der Waals surface area contributed by atoms with Crippen molar-refractivity contribution in [3.05, 3.63) is 59.7 Å². The Hall–Kier alpha value is -2.43. The van der Waals surface area contributed by atoms with Gasteiger partial charge in [0.1, 0.15) is 0 Å². The zero-order valence-electron chi connectivity index (χ0n) is 16.3. The van der Waals surface area contributed by atoms with Crippen molar-refractivity contribution in [2.24, 2.45) is 0 Å². The van der Waals surface area contributed by atoms with E-state index in [9.17, 15) is 26.4 Å². The number of carbonyl (C=O) groups excluding carboxylic acids is 1. The van der Waals surface area contributed by atoms with Crippen molar-refractivity contribution in [1.29, 1.82) is 0 Å². The van der Waals surface area contributed by atoms with Gasteiger partial charge in [-0.15, -0.1) is 0 Å². The maximum Gasteiger partial charge on any atom is 0.417 e. The van der Waals surface area contributed by atoms with Crippen LogP contribution >= 0.6 is 0 Å². The molecule has 1 fully saturated rings. The van der Waals surface area contributed by atoms with Gasteiger partial charge in [-0.3, -0.25) is 4.79 Å². The molecule has 0 saturated carbocycles. The van der Waals surface area contributed by atoms with Crippen molar-refractivity contribution in [2.75, 3.05) is 38.0 Å². The van der Waals surface area contributed by atoms with Crippen molar-refractivity contribution < 1.29 is 26.4 Å². The third kappa shape index (κ3) is 4.82. The molecule has 2 aromatic carbocycles. The maximum absolute atomic E-state index is 13.2. The molecule has 0 spiro atoms. The Bertz CT molecular complexity index is 1020. The molecule has 1 amide bonds. The number of benzene rings is 2. The average Bonchev–Trinajstić information content (AvgIpc) is 2.73. The van der Waals surface area contributed by atoms with Gasteiger partial charge < -0.3 is 10.2 Å². The summed E-state index contributed by atoms with van der Waals surface area (Å²) in [7, 11) is -3.77. The molecule has 30 heavy (non-hydrogen) atoms. The van der Waals surface area contributed by atoms with Gasteiger partial charge in [0.05, 0.1) is 16.0 Å². The second-order valence-electron chi connectivity index (χ2n) is 6.86. The number of likely N-dealkylation sites (N-methyl/N-ethyl adjacent to an activating group) is 1. The number of hydrogen-bond donors (Lipinski definition) is 1. The van der Waals surface area contributed by atoms with Crippen LogP contribution in [0.2, 0.25) is 0 Å². The number of rotatable bonds is 5. The van der Waals surface area contributed by atoms with E-state index >= 15 is 0 Å². The summed E-state index contributed by atoms with van der Waals surface area (Å²) >= 11 is 0. The zero-order chi connectivity index (χ0) is 21.9. The second-order valence-corrected chi connectivity index (χ2v) is 8.80. The molecule has 0 radical (unpaired) electrons. The molecule has 0 unspecified atom stereocenters. The first-order valence-corrected chi connectivity index (χ1v) is 10.9. The minimum absolute atomic E-state index is 0.0191. The highest BCUT2D eigenvalue weighted by atomic mass is 32.2. The fourth-order valence-electron chi connectivity index (χ4n) is 3.30. The molecule has 1 aliphatic rings. The van der Waals surface area contributed by atoms with Crippen LogP contribution in [0.15, 0.2) is 53.4 Å². The number of nitrogens with zero attached hydrogens (tertiary/aromatic N) is 2. The van der Waals surface area contributed by atoms with Gasteiger partial charge in [-0.25, -0.2) is 8.42 Å². The molecule has 1 aliphatic heterocycles. The third-order valence-electron chi connectivity index (χ3n) is 4.99. The summed E-state index contributed by atoms with van der Waals surface area (Å²) < 4.78 is 66.7. The average molecular weight is 441 g/mol. The van der Waals surface area contributed by atoms with E-state index in [-0.39, 0.29) is 10.6 Å². The molecule has 0 aromatic heterocycles. The van der Waals surface area contributed by atoms with E-state index in [4.69, 9.17) is 0 Å². The number of carbonyl (C=O) groups is 1. The topological polar surface area (TPSA) is 69.7 Å². The van der Waals surface area contributed by atoms with E-state index in [1.165, 1.54) is 40.7 Å². The second kappa shape index (κ2) is 8.75. The van der Waals surface area contributed by atoms with Gasteiger partial charge in [0.2, 0.25) is 10.0 Å². The Kier molecular flexibility index (Phi) is 6.49. The molecular weight excluding hydrogens is 419 g/mol. The van der Waals surface area contributed by atoms with Crippen molar-refractivity contribution >= 4 is 21.6 Å². The van der Waals surface area contributed by atoms with Crippen LogP contribution in [-0.2, 0) is 16.2 Å². The Labute approximate surface area is 173 Å². The smallest absolute Gasteiger partial charge is 0.322 e. The fraction of sp³-hybridized carbons (Fsp3) is 0.350. The van der Waals surface area contributed by atoms with Gasteiger partial charge in [-0.05, 0) is 36.9 Å². The molecule has 162 valence electrons. The Morgan fingerprint density at radius 2 is 1.70 bits per heavy atom. The molecule has 0 aliphatic carbocycles. The van der Waals surface area contributed by atoms with E-state index in [1.807, 2.05) is 6.92 Å². The largest absolute Gasteiger partial charge is 0.417 e. The van der Waals surface area contributed by atoms with Gasteiger partial charge in [0, 0.05) is 31.9 Å². The van der Waals surface area contributed by atoms with Gasteiger partial charge in [-0.1, -0.05) is 25.1 Å². The van der Waals surface area contributed by atoms with E-state index < -0.39 is 33.2 Å². The van der Waals surface area contributed by atoms with Gasteiger partial charge >= 0.3 is 6.18 Å². The number of sulfonamides is 1. The number of halogens is 3. The van der Waals surface area contributed by atoms with Crippen LogP contribution in [-0.4, -0.2) is 56.3 Å². The summed E-state index contributed by atoms with van der Waals surface area (Å²) in [5.41, 5.74) is -1.49. The van der Waals surface area contributed by atoms with E-state index in [2.05, 4.69) is 10.2 Å².